The van der Waals surface area contributed by atoms with Crippen LogP contribution in [0.4, 0.5) is 0 Å². The van der Waals surface area contributed by atoms with Gasteiger partial charge in [-0.15, -0.1) is 0 Å². The Bertz CT molecular complexity index is 609. The lowest BCUT2D eigenvalue weighted by Crippen LogP contribution is -2.14. The maximum atomic E-state index is 11.7. The zero-order valence-electron chi connectivity index (χ0n) is 8.90. The maximum absolute atomic E-state index is 11.7. The Balaban J connectivity index is 2.51. The van der Waals surface area contributed by atoms with Gasteiger partial charge in [-0.1, -0.05) is 0 Å². The van der Waals surface area contributed by atoms with E-state index in [0.717, 1.165) is 10.9 Å². The summed E-state index contributed by atoms with van der Waals surface area (Å²) in [7, 11) is 0. The number of hydrogen-bond acceptors (Lipinski definition) is 3. The minimum absolute atomic E-state index is 0.124. The molecule has 80 valence electrons. The van der Waals surface area contributed by atoms with Gasteiger partial charge in [-0.25, -0.2) is 0 Å². The van der Waals surface area contributed by atoms with Crippen molar-refractivity contribution >= 4 is 10.9 Å². The normalized spacial score (nSPS) is 12.2. The van der Waals surface area contributed by atoms with E-state index in [2.05, 4.69) is 16.0 Å². The number of nitrogens with zero attached hydrogens (tertiary/aromatic N) is 2. The highest BCUT2D eigenvalue weighted by Crippen LogP contribution is 2.11. The third-order valence-corrected chi connectivity index (χ3v) is 2.47. The van der Waals surface area contributed by atoms with Crippen LogP contribution in [0, 0.1) is 17.2 Å². The number of nitrogens with one attached hydrogen (secondary N) is 1. The Hall–Kier alpha value is -2.15. The van der Waals surface area contributed by atoms with Gasteiger partial charge < -0.3 is 4.98 Å². The van der Waals surface area contributed by atoms with Gasteiger partial charge in [0.25, 0.3) is 5.56 Å². The molecule has 0 spiro atoms. The van der Waals surface area contributed by atoms with E-state index < -0.39 is 0 Å². The molecule has 0 saturated heterocycles. The molecule has 0 aliphatic heterocycles. The average molecular weight is 213 g/mol. The second-order valence-corrected chi connectivity index (χ2v) is 3.82. The summed E-state index contributed by atoms with van der Waals surface area (Å²) < 4.78 is 0. The predicted octanol–water partition coefficient (Wildman–Crippen LogP) is 1.63. The summed E-state index contributed by atoms with van der Waals surface area (Å²) in [4.78, 5) is 18.5. The summed E-state index contributed by atoms with van der Waals surface area (Å²) in [5.74, 6) is -0.157. The molecule has 2 aromatic heterocycles. The van der Waals surface area contributed by atoms with Gasteiger partial charge in [-0.05, 0) is 25.5 Å². The van der Waals surface area contributed by atoms with Gasteiger partial charge in [0.15, 0.2) is 0 Å². The fourth-order valence-corrected chi connectivity index (χ4v) is 1.62. The largest absolute Gasteiger partial charge is 0.322 e. The van der Waals surface area contributed by atoms with Gasteiger partial charge in [0.1, 0.15) is 0 Å². The number of nitriles is 1. The molecule has 0 aromatic carbocycles. The molecule has 4 nitrogen and oxygen atoms in total. The number of aromatic nitrogens is 2. The Kier molecular flexibility index (Phi) is 2.69. The number of H-pyrrole nitrogens is 1. The predicted molar refractivity (Wildman–Crippen MR) is 60.8 cm³/mol. The summed E-state index contributed by atoms with van der Waals surface area (Å²) in [6.45, 7) is 1.80. The first kappa shape index (κ1) is 10.4. The van der Waals surface area contributed by atoms with Crippen molar-refractivity contribution in [1.82, 2.24) is 9.97 Å². The standard InChI is InChI=1S/C12H11N3O/c1-8(6-13)4-9-5-10-7-14-3-2-11(10)15-12(9)16/h2-3,5,7-8H,4H2,1H3,(H,15,16). The van der Waals surface area contributed by atoms with Crippen LogP contribution < -0.4 is 5.56 Å². The second kappa shape index (κ2) is 4.15. The van der Waals surface area contributed by atoms with Gasteiger partial charge in [-0.3, -0.25) is 9.78 Å². The van der Waals surface area contributed by atoms with Crippen molar-refractivity contribution < 1.29 is 0 Å². The van der Waals surface area contributed by atoms with Crippen molar-refractivity contribution in [1.29, 1.82) is 5.26 Å². The highest BCUT2D eigenvalue weighted by molar-refractivity contribution is 5.77. The van der Waals surface area contributed by atoms with Crippen molar-refractivity contribution in [2.45, 2.75) is 13.3 Å². The zero-order chi connectivity index (χ0) is 11.5. The number of aromatic amines is 1. The molecule has 0 aliphatic rings. The molecular formula is C12H11N3O. The SMILES string of the molecule is CC(C#N)Cc1cc2cnccc2[nH]c1=O. The van der Waals surface area contributed by atoms with Gasteiger partial charge >= 0.3 is 0 Å². The van der Waals surface area contributed by atoms with E-state index in [9.17, 15) is 4.79 Å². The number of fused-ring (bicyclic) bond motifs is 1. The molecule has 1 N–H and O–H groups in total. The first-order chi connectivity index (χ1) is 7.70. The van der Waals surface area contributed by atoms with Crippen molar-refractivity contribution in [2.24, 2.45) is 5.92 Å². The first-order valence-electron chi connectivity index (χ1n) is 5.06. The third kappa shape index (κ3) is 1.94. The zero-order valence-corrected chi connectivity index (χ0v) is 8.90. The summed E-state index contributed by atoms with van der Waals surface area (Å²) in [6, 6.07) is 5.68. The van der Waals surface area contributed by atoms with Crippen LogP contribution >= 0.6 is 0 Å². The molecule has 16 heavy (non-hydrogen) atoms. The highest BCUT2D eigenvalue weighted by Gasteiger charge is 2.07. The lowest BCUT2D eigenvalue weighted by molar-refractivity contribution is 0.732. The van der Waals surface area contributed by atoms with Crippen LogP contribution in [0.5, 0.6) is 0 Å². The quantitative estimate of drug-likeness (QED) is 0.824. The Labute approximate surface area is 92.6 Å². The number of hydrogen-bond donors (Lipinski definition) is 1. The van der Waals surface area contributed by atoms with E-state index in [1.54, 1.807) is 31.5 Å². The molecule has 0 saturated carbocycles. The van der Waals surface area contributed by atoms with Crippen LogP contribution in [0.15, 0.2) is 29.3 Å². The molecule has 0 amide bonds. The summed E-state index contributed by atoms with van der Waals surface area (Å²) in [5, 5.41) is 9.62. The summed E-state index contributed by atoms with van der Waals surface area (Å²) in [5.41, 5.74) is 1.28. The van der Waals surface area contributed by atoms with Crippen molar-refractivity contribution in [2.75, 3.05) is 0 Å². The molecule has 0 aliphatic carbocycles. The van der Waals surface area contributed by atoms with Gasteiger partial charge in [0, 0.05) is 29.3 Å². The number of pyridine rings is 2. The monoisotopic (exact) mass is 213 g/mol. The molecule has 0 bridgehead atoms. The summed E-state index contributed by atoms with van der Waals surface area (Å²) in [6.07, 6.45) is 3.80. The van der Waals surface area contributed by atoms with E-state index in [-0.39, 0.29) is 11.5 Å². The smallest absolute Gasteiger partial charge is 0.251 e. The van der Waals surface area contributed by atoms with Crippen molar-refractivity contribution in [3.63, 3.8) is 0 Å². The second-order valence-electron chi connectivity index (χ2n) is 3.82. The van der Waals surface area contributed by atoms with Crippen LogP contribution in [0.25, 0.3) is 10.9 Å². The van der Waals surface area contributed by atoms with E-state index in [1.165, 1.54) is 0 Å². The molecule has 4 heteroatoms. The van der Waals surface area contributed by atoms with Gasteiger partial charge in [0.05, 0.1) is 11.6 Å². The van der Waals surface area contributed by atoms with Crippen LogP contribution in [0.2, 0.25) is 0 Å². The van der Waals surface area contributed by atoms with Crippen molar-refractivity contribution in [3.8, 4) is 6.07 Å². The first-order valence-corrected chi connectivity index (χ1v) is 5.06. The lowest BCUT2D eigenvalue weighted by atomic mass is 10.0. The Morgan fingerprint density at radius 2 is 2.44 bits per heavy atom. The van der Waals surface area contributed by atoms with E-state index >= 15 is 0 Å². The molecule has 0 fully saturated rings. The molecule has 2 aromatic rings. The van der Waals surface area contributed by atoms with Crippen LogP contribution in [0.3, 0.4) is 0 Å². The highest BCUT2D eigenvalue weighted by atomic mass is 16.1. The van der Waals surface area contributed by atoms with Gasteiger partial charge in [0.2, 0.25) is 0 Å². The van der Waals surface area contributed by atoms with Crippen LogP contribution in [0.1, 0.15) is 12.5 Å². The molecule has 1 atom stereocenters. The summed E-state index contributed by atoms with van der Waals surface area (Å²) >= 11 is 0. The van der Waals surface area contributed by atoms with E-state index in [1.807, 2.05) is 0 Å². The minimum Gasteiger partial charge on any atom is -0.322 e. The fourth-order valence-electron chi connectivity index (χ4n) is 1.62. The lowest BCUT2D eigenvalue weighted by Gasteiger charge is -2.03. The van der Waals surface area contributed by atoms with E-state index in [4.69, 9.17) is 5.26 Å². The molecule has 2 heterocycles. The number of rotatable bonds is 2. The Morgan fingerprint density at radius 1 is 1.62 bits per heavy atom. The molecule has 0 radical (unpaired) electrons. The average Bonchev–Trinajstić information content (AvgIpc) is 2.30. The van der Waals surface area contributed by atoms with Crippen LogP contribution in [-0.4, -0.2) is 9.97 Å². The maximum Gasteiger partial charge on any atom is 0.251 e. The Morgan fingerprint density at radius 3 is 3.19 bits per heavy atom. The van der Waals surface area contributed by atoms with Crippen LogP contribution in [-0.2, 0) is 6.42 Å². The van der Waals surface area contributed by atoms with E-state index in [0.29, 0.717) is 12.0 Å². The van der Waals surface area contributed by atoms with Crippen molar-refractivity contribution in [3.05, 3.63) is 40.4 Å². The third-order valence-electron chi connectivity index (χ3n) is 2.47. The molecule has 2 rings (SSSR count). The minimum atomic E-state index is -0.157. The molecular weight excluding hydrogens is 202 g/mol. The molecule has 1 unspecified atom stereocenters. The topological polar surface area (TPSA) is 69.5 Å². The van der Waals surface area contributed by atoms with Gasteiger partial charge in [-0.2, -0.15) is 5.26 Å². The fraction of sp³-hybridized carbons (Fsp3) is 0.250.